The van der Waals surface area contributed by atoms with Gasteiger partial charge in [0, 0.05) is 35.7 Å². The van der Waals surface area contributed by atoms with Crippen molar-refractivity contribution in [2.24, 2.45) is 0 Å². The van der Waals surface area contributed by atoms with Gasteiger partial charge in [0.1, 0.15) is 0 Å². The van der Waals surface area contributed by atoms with E-state index in [2.05, 4.69) is 36.2 Å². The van der Waals surface area contributed by atoms with Gasteiger partial charge >= 0.3 is 0 Å². The Hall–Kier alpha value is -0.570. The molecule has 2 fully saturated rings. The van der Waals surface area contributed by atoms with Crippen molar-refractivity contribution in [2.75, 3.05) is 13.1 Å². The minimum Gasteiger partial charge on any atom is -0.304 e. The van der Waals surface area contributed by atoms with Crippen LogP contribution in [-0.4, -0.2) is 29.1 Å². The molecule has 0 atom stereocenters. The van der Waals surface area contributed by atoms with Gasteiger partial charge in [0.2, 0.25) is 0 Å². The highest BCUT2D eigenvalue weighted by Gasteiger charge is 2.43. The highest BCUT2D eigenvalue weighted by atomic mass is 35.5. The lowest BCUT2D eigenvalue weighted by Crippen LogP contribution is -2.67. The van der Waals surface area contributed by atoms with Crippen molar-refractivity contribution in [2.45, 2.75) is 57.2 Å². The molecular formula is C17H25ClN2. The van der Waals surface area contributed by atoms with E-state index in [1.807, 2.05) is 12.1 Å². The maximum absolute atomic E-state index is 5.97. The third-order valence-corrected chi connectivity index (χ3v) is 4.88. The molecular weight excluding hydrogens is 268 g/mol. The Morgan fingerprint density at radius 2 is 1.75 bits per heavy atom. The molecule has 1 N–H and O–H groups in total. The lowest BCUT2D eigenvalue weighted by Gasteiger charge is -2.50. The van der Waals surface area contributed by atoms with Crippen LogP contribution in [0.3, 0.4) is 0 Å². The molecule has 1 spiro atoms. The number of benzene rings is 1. The zero-order chi connectivity index (χ0) is 14.2. The Balaban J connectivity index is 1.73. The molecule has 1 aliphatic carbocycles. The summed E-state index contributed by atoms with van der Waals surface area (Å²) in [7, 11) is 0. The predicted molar refractivity (Wildman–Crippen MR) is 85.1 cm³/mol. The van der Waals surface area contributed by atoms with E-state index in [1.54, 1.807) is 0 Å². The first-order valence-corrected chi connectivity index (χ1v) is 8.10. The molecule has 0 unspecified atom stereocenters. The molecule has 1 aromatic rings. The summed E-state index contributed by atoms with van der Waals surface area (Å²) in [5.41, 5.74) is 1.92. The molecule has 110 valence electrons. The van der Waals surface area contributed by atoms with E-state index < -0.39 is 0 Å². The van der Waals surface area contributed by atoms with Gasteiger partial charge in [0.05, 0.1) is 0 Å². The van der Waals surface area contributed by atoms with Crippen molar-refractivity contribution in [1.29, 1.82) is 0 Å². The molecule has 1 aliphatic heterocycles. The lowest BCUT2D eigenvalue weighted by molar-refractivity contribution is 0.0573. The highest BCUT2D eigenvalue weighted by molar-refractivity contribution is 6.30. The third-order valence-electron chi connectivity index (χ3n) is 4.63. The Kier molecular flexibility index (Phi) is 3.83. The molecule has 2 aliphatic rings. The van der Waals surface area contributed by atoms with Crippen LogP contribution < -0.4 is 5.32 Å². The van der Waals surface area contributed by atoms with Gasteiger partial charge in [0.25, 0.3) is 0 Å². The normalized spacial score (nSPS) is 25.1. The first-order chi connectivity index (χ1) is 9.46. The zero-order valence-corrected chi connectivity index (χ0v) is 13.3. The minimum absolute atomic E-state index is 0.203. The van der Waals surface area contributed by atoms with Crippen molar-refractivity contribution in [3.8, 4) is 0 Å². The molecule has 1 saturated carbocycles. The maximum Gasteiger partial charge on any atom is 0.0406 e. The van der Waals surface area contributed by atoms with Crippen LogP contribution in [0.2, 0.25) is 5.02 Å². The molecule has 0 bridgehead atoms. The largest absolute Gasteiger partial charge is 0.304 e. The van der Waals surface area contributed by atoms with Crippen molar-refractivity contribution in [3.05, 3.63) is 34.9 Å². The van der Waals surface area contributed by atoms with Gasteiger partial charge in [-0.15, -0.1) is 0 Å². The second kappa shape index (κ2) is 5.32. The molecule has 1 heterocycles. The topological polar surface area (TPSA) is 15.3 Å². The van der Waals surface area contributed by atoms with Crippen molar-refractivity contribution >= 4 is 11.6 Å². The Morgan fingerprint density at radius 3 is 2.40 bits per heavy atom. The molecule has 3 rings (SSSR count). The molecule has 20 heavy (non-hydrogen) atoms. The fourth-order valence-corrected chi connectivity index (χ4v) is 4.26. The molecule has 1 aromatic carbocycles. The zero-order valence-electron chi connectivity index (χ0n) is 12.6. The van der Waals surface area contributed by atoms with Gasteiger partial charge < -0.3 is 5.32 Å². The standard InChI is InChI=1S/C17H25ClN2/c1-16(2)12-20(11-14-5-7-15(18)8-6-14)13-17(19-16)9-3-4-10-17/h5-8,19H,3-4,9-13H2,1-2H3. The van der Waals surface area contributed by atoms with Gasteiger partial charge in [-0.1, -0.05) is 36.6 Å². The van der Waals surface area contributed by atoms with E-state index >= 15 is 0 Å². The quantitative estimate of drug-likeness (QED) is 0.891. The van der Waals surface area contributed by atoms with Gasteiger partial charge in [-0.2, -0.15) is 0 Å². The van der Waals surface area contributed by atoms with Crippen LogP contribution in [0.15, 0.2) is 24.3 Å². The SMILES string of the molecule is CC1(C)CN(Cc2ccc(Cl)cc2)CC2(CCCC2)N1. The first kappa shape index (κ1) is 14.4. The molecule has 3 heteroatoms. The Bertz CT molecular complexity index is 460. The van der Waals surface area contributed by atoms with Crippen molar-refractivity contribution in [1.82, 2.24) is 10.2 Å². The van der Waals surface area contributed by atoms with Crippen LogP contribution in [-0.2, 0) is 6.54 Å². The molecule has 0 amide bonds. The van der Waals surface area contributed by atoms with Crippen molar-refractivity contribution < 1.29 is 0 Å². The fourth-order valence-electron chi connectivity index (χ4n) is 4.13. The van der Waals surface area contributed by atoms with Crippen LogP contribution >= 0.6 is 11.6 Å². The molecule has 0 aromatic heterocycles. The lowest BCUT2D eigenvalue weighted by atomic mass is 9.87. The summed E-state index contributed by atoms with van der Waals surface area (Å²) in [5, 5.41) is 4.75. The highest BCUT2D eigenvalue weighted by Crippen LogP contribution is 2.36. The van der Waals surface area contributed by atoms with Crippen molar-refractivity contribution in [3.63, 3.8) is 0 Å². The average Bonchev–Trinajstić information content (AvgIpc) is 2.77. The van der Waals surface area contributed by atoms with Gasteiger partial charge in [-0.3, -0.25) is 4.90 Å². The second-order valence-electron chi connectivity index (χ2n) is 7.27. The second-order valence-corrected chi connectivity index (χ2v) is 7.70. The minimum atomic E-state index is 0.203. The van der Waals surface area contributed by atoms with Crippen LogP contribution in [0.5, 0.6) is 0 Å². The van der Waals surface area contributed by atoms with E-state index in [-0.39, 0.29) is 5.54 Å². The van der Waals surface area contributed by atoms with E-state index in [1.165, 1.54) is 37.8 Å². The van der Waals surface area contributed by atoms with E-state index in [9.17, 15) is 0 Å². The number of nitrogens with one attached hydrogen (secondary N) is 1. The van der Waals surface area contributed by atoms with E-state index in [0.717, 1.165) is 18.1 Å². The predicted octanol–water partition coefficient (Wildman–Crippen LogP) is 3.84. The molecule has 0 radical (unpaired) electrons. The number of piperazine rings is 1. The van der Waals surface area contributed by atoms with Crippen LogP contribution in [0, 0.1) is 0 Å². The van der Waals surface area contributed by atoms with Crippen LogP contribution in [0.1, 0.15) is 45.1 Å². The summed E-state index contributed by atoms with van der Waals surface area (Å²) in [6.07, 6.45) is 5.40. The van der Waals surface area contributed by atoms with E-state index in [0.29, 0.717) is 5.54 Å². The Morgan fingerprint density at radius 1 is 1.10 bits per heavy atom. The number of hydrogen-bond donors (Lipinski definition) is 1. The molecule has 1 saturated heterocycles. The maximum atomic E-state index is 5.97. The van der Waals surface area contributed by atoms with E-state index in [4.69, 9.17) is 11.6 Å². The number of rotatable bonds is 2. The smallest absolute Gasteiger partial charge is 0.0406 e. The summed E-state index contributed by atoms with van der Waals surface area (Å²) in [5.74, 6) is 0. The summed E-state index contributed by atoms with van der Waals surface area (Å²) in [4.78, 5) is 2.62. The fraction of sp³-hybridized carbons (Fsp3) is 0.647. The number of halogens is 1. The summed E-state index contributed by atoms with van der Waals surface area (Å²) in [6.45, 7) is 7.99. The molecule has 2 nitrogen and oxygen atoms in total. The first-order valence-electron chi connectivity index (χ1n) is 7.73. The van der Waals surface area contributed by atoms with Crippen LogP contribution in [0.25, 0.3) is 0 Å². The average molecular weight is 293 g/mol. The monoisotopic (exact) mass is 292 g/mol. The summed E-state index contributed by atoms with van der Waals surface area (Å²) < 4.78 is 0. The van der Waals surface area contributed by atoms with Crippen LogP contribution in [0.4, 0.5) is 0 Å². The summed E-state index contributed by atoms with van der Waals surface area (Å²) in [6, 6.07) is 8.29. The van der Waals surface area contributed by atoms with Gasteiger partial charge in [-0.05, 0) is 44.4 Å². The third kappa shape index (κ3) is 3.19. The Labute approximate surface area is 127 Å². The van der Waals surface area contributed by atoms with Gasteiger partial charge in [-0.25, -0.2) is 0 Å². The van der Waals surface area contributed by atoms with Gasteiger partial charge in [0.15, 0.2) is 0 Å². The summed E-state index contributed by atoms with van der Waals surface area (Å²) >= 11 is 5.97. The number of nitrogens with zero attached hydrogens (tertiary/aromatic N) is 1. The number of hydrogen-bond acceptors (Lipinski definition) is 2.